The quantitative estimate of drug-likeness (QED) is 0.850. The van der Waals surface area contributed by atoms with E-state index in [0.29, 0.717) is 17.0 Å². The molecule has 4 heteroatoms. The molecule has 1 atom stereocenters. The van der Waals surface area contributed by atoms with E-state index in [1.165, 1.54) is 16.5 Å². The van der Waals surface area contributed by atoms with Crippen LogP contribution in [0.1, 0.15) is 29.0 Å². The molecule has 19 heavy (non-hydrogen) atoms. The summed E-state index contributed by atoms with van der Waals surface area (Å²) in [6.45, 7) is 2.14. The van der Waals surface area contributed by atoms with Crippen LogP contribution in [0.4, 0.5) is 4.39 Å². The number of thiophene rings is 1. The Kier molecular flexibility index (Phi) is 4.97. The summed E-state index contributed by atoms with van der Waals surface area (Å²) in [6.07, 6.45) is 1.60. The van der Waals surface area contributed by atoms with Crippen molar-refractivity contribution in [1.29, 1.82) is 0 Å². The molecule has 1 nitrogen and oxygen atoms in total. The van der Waals surface area contributed by atoms with Gasteiger partial charge in [0.05, 0.1) is 0 Å². The molecule has 1 unspecified atom stereocenters. The van der Waals surface area contributed by atoms with Crippen molar-refractivity contribution >= 4 is 22.9 Å². The lowest BCUT2D eigenvalue weighted by Crippen LogP contribution is -2.19. The van der Waals surface area contributed by atoms with Gasteiger partial charge in [-0.1, -0.05) is 18.5 Å². The molecule has 1 aromatic heterocycles. The Morgan fingerprint density at radius 1 is 1.32 bits per heavy atom. The topological polar surface area (TPSA) is 12.0 Å². The second-order valence-electron chi connectivity index (χ2n) is 4.44. The highest BCUT2D eigenvalue weighted by Crippen LogP contribution is 2.29. The summed E-state index contributed by atoms with van der Waals surface area (Å²) in [5.41, 5.74) is 1.98. The second kappa shape index (κ2) is 6.51. The van der Waals surface area contributed by atoms with Crippen LogP contribution in [0.3, 0.4) is 0 Å². The van der Waals surface area contributed by atoms with Gasteiger partial charge in [-0.05, 0) is 60.7 Å². The van der Waals surface area contributed by atoms with Crippen molar-refractivity contribution in [3.05, 3.63) is 56.5 Å². The first kappa shape index (κ1) is 14.5. The fourth-order valence-electron chi connectivity index (χ4n) is 2.19. The van der Waals surface area contributed by atoms with Gasteiger partial charge >= 0.3 is 0 Å². The molecule has 102 valence electrons. The summed E-state index contributed by atoms with van der Waals surface area (Å²) in [7, 11) is 1.91. The van der Waals surface area contributed by atoms with Gasteiger partial charge in [0.25, 0.3) is 0 Å². The number of halogens is 2. The predicted octanol–water partition coefficient (Wildman–Crippen LogP) is 4.61. The molecule has 0 aliphatic rings. The number of benzene rings is 1. The van der Waals surface area contributed by atoms with E-state index < -0.39 is 0 Å². The first-order valence-corrected chi connectivity index (χ1v) is 7.59. The van der Waals surface area contributed by atoms with Crippen LogP contribution >= 0.6 is 22.9 Å². The Bertz CT molecular complexity index is 553. The number of aryl methyl sites for hydroxylation is 1. The summed E-state index contributed by atoms with van der Waals surface area (Å²) in [6, 6.07) is 6.98. The molecule has 0 saturated carbocycles. The van der Waals surface area contributed by atoms with Gasteiger partial charge in [-0.3, -0.25) is 0 Å². The first-order valence-electron chi connectivity index (χ1n) is 6.33. The molecule has 0 amide bonds. The molecule has 1 aromatic carbocycles. The van der Waals surface area contributed by atoms with Crippen molar-refractivity contribution < 1.29 is 4.39 Å². The van der Waals surface area contributed by atoms with E-state index in [2.05, 4.69) is 23.7 Å². The largest absolute Gasteiger partial charge is 0.312 e. The van der Waals surface area contributed by atoms with E-state index in [9.17, 15) is 4.39 Å². The maximum absolute atomic E-state index is 13.8. The van der Waals surface area contributed by atoms with Gasteiger partial charge in [0.15, 0.2) is 0 Å². The van der Waals surface area contributed by atoms with E-state index in [1.807, 2.05) is 7.05 Å². The zero-order valence-corrected chi connectivity index (χ0v) is 12.6. The van der Waals surface area contributed by atoms with Crippen molar-refractivity contribution in [2.45, 2.75) is 25.8 Å². The van der Waals surface area contributed by atoms with E-state index in [-0.39, 0.29) is 11.9 Å². The van der Waals surface area contributed by atoms with Gasteiger partial charge in [-0.25, -0.2) is 4.39 Å². The number of likely N-dealkylation sites (N-methyl/N-ethyl adjacent to an activating group) is 1. The maximum atomic E-state index is 13.8. The van der Waals surface area contributed by atoms with Crippen LogP contribution in [-0.4, -0.2) is 7.05 Å². The van der Waals surface area contributed by atoms with Gasteiger partial charge in [-0.2, -0.15) is 0 Å². The van der Waals surface area contributed by atoms with Crippen LogP contribution in [0.5, 0.6) is 0 Å². The molecular weight excluding hydrogens is 281 g/mol. The zero-order valence-electron chi connectivity index (χ0n) is 11.0. The molecule has 1 heterocycles. The third-order valence-corrected chi connectivity index (χ3v) is 4.57. The molecule has 0 bridgehead atoms. The molecule has 0 aliphatic carbocycles. The summed E-state index contributed by atoms with van der Waals surface area (Å²) in [5.74, 6) is -0.195. The predicted molar refractivity (Wildman–Crippen MR) is 80.6 cm³/mol. The van der Waals surface area contributed by atoms with Gasteiger partial charge < -0.3 is 5.32 Å². The molecule has 0 fully saturated rings. The molecular formula is C15H17ClFNS. The summed E-state index contributed by atoms with van der Waals surface area (Å²) < 4.78 is 13.8. The van der Waals surface area contributed by atoms with Crippen LogP contribution in [0.2, 0.25) is 5.02 Å². The zero-order chi connectivity index (χ0) is 13.8. The van der Waals surface area contributed by atoms with Crippen molar-refractivity contribution in [3.8, 4) is 0 Å². The Hall–Kier alpha value is -0.900. The number of rotatable bonds is 5. The highest BCUT2D eigenvalue weighted by Gasteiger charge is 2.17. The summed E-state index contributed by atoms with van der Waals surface area (Å²) in [4.78, 5) is 1.28. The smallest absolute Gasteiger partial charge is 0.126 e. The average molecular weight is 298 g/mol. The molecule has 2 rings (SSSR count). The Morgan fingerprint density at radius 3 is 2.79 bits per heavy atom. The van der Waals surface area contributed by atoms with Crippen LogP contribution < -0.4 is 5.32 Å². The lowest BCUT2D eigenvalue weighted by molar-refractivity contribution is 0.557. The monoisotopic (exact) mass is 297 g/mol. The molecule has 0 saturated heterocycles. The van der Waals surface area contributed by atoms with Gasteiger partial charge in [0, 0.05) is 15.9 Å². The molecule has 0 radical (unpaired) electrons. The van der Waals surface area contributed by atoms with Crippen molar-refractivity contribution in [1.82, 2.24) is 5.32 Å². The number of nitrogens with one attached hydrogen (secondary N) is 1. The van der Waals surface area contributed by atoms with Crippen LogP contribution in [-0.2, 0) is 12.8 Å². The third-order valence-electron chi connectivity index (χ3n) is 3.26. The standard InChI is InChI=1S/C15H17ClFNS/c1-3-10-6-7-19-15(10)14(18-2)9-11-8-12(16)4-5-13(11)17/h4-8,14,18H,3,9H2,1-2H3. The lowest BCUT2D eigenvalue weighted by Gasteiger charge is -2.17. The lowest BCUT2D eigenvalue weighted by atomic mass is 10.0. The number of hydrogen-bond acceptors (Lipinski definition) is 2. The normalized spacial score (nSPS) is 12.6. The SMILES string of the molecule is CCc1ccsc1C(Cc1cc(Cl)ccc1F)NC. The van der Waals surface area contributed by atoms with E-state index in [4.69, 9.17) is 11.6 Å². The van der Waals surface area contributed by atoms with Crippen molar-refractivity contribution in [2.24, 2.45) is 0 Å². The summed E-state index contributed by atoms with van der Waals surface area (Å²) in [5, 5.41) is 5.94. The van der Waals surface area contributed by atoms with Gasteiger partial charge in [0.2, 0.25) is 0 Å². The fraction of sp³-hybridized carbons (Fsp3) is 0.333. The molecule has 0 spiro atoms. The minimum Gasteiger partial charge on any atom is -0.312 e. The molecule has 1 N–H and O–H groups in total. The Labute approximate surface area is 122 Å². The van der Waals surface area contributed by atoms with E-state index in [0.717, 1.165) is 6.42 Å². The maximum Gasteiger partial charge on any atom is 0.126 e. The Morgan fingerprint density at radius 2 is 2.11 bits per heavy atom. The fourth-order valence-corrected chi connectivity index (χ4v) is 3.49. The highest BCUT2D eigenvalue weighted by atomic mass is 35.5. The van der Waals surface area contributed by atoms with Gasteiger partial charge in [0.1, 0.15) is 5.82 Å². The summed E-state index contributed by atoms with van der Waals surface area (Å²) >= 11 is 7.66. The first-order chi connectivity index (χ1) is 9.15. The van der Waals surface area contributed by atoms with Gasteiger partial charge in [-0.15, -0.1) is 11.3 Å². The van der Waals surface area contributed by atoms with Crippen LogP contribution in [0.25, 0.3) is 0 Å². The minimum absolute atomic E-state index is 0.128. The van der Waals surface area contributed by atoms with E-state index >= 15 is 0 Å². The van der Waals surface area contributed by atoms with Crippen molar-refractivity contribution in [3.63, 3.8) is 0 Å². The van der Waals surface area contributed by atoms with Crippen molar-refractivity contribution in [2.75, 3.05) is 7.05 Å². The average Bonchev–Trinajstić information content (AvgIpc) is 2.88. The third kappa shape index (κ3) is 3.35. The number of hydrogen-bond donors (Lipinski definition) is 1. The second-order valence-corrected chi connectivity index (χ2v) is 5.83. The van der Waals surface area contributed by atoms with Crippen LogP contribution in [0.15, 0.2) is 29.6 Å². The molecule has 0 aliphatic heterocycles. The van der Waals surface area contributed by atoms with Crippen LogP contribution in [0, 0.1) is 5.82 Å². The van der Waals surface area contributed by atoms with E-state index in [1.54, 1.807) is 23.5 Å². The molecule has 2 aromatic rings. The Balaban J connectivity index is 2.26. The minimum atomic E-state index is -0.195. The highest BCUT2D eigenvalue weighted by molar-refractivity contribution is 7.10.